The van der Waals surface area contributed by atoms with Gasteiger partial charge in [-0.1, -0.05) is 13.8 Å². The fourth-order valence-corrected chi connectivity index (χ4v) is 2.99. The average molecular weight is 325 g/mol. The fourth-order valence-electron chi connectivity index (χ4n) is 2.27. The van der Waals surface area contributed by atoms with Crippen LogP contribution in [-0.2, 0) is 20.8 Å². The number of aromatic nitrogens is 1. The maximum Gasteiger partial charge on any atom is 0.326 e. The van der Waals surface area contributed by atoms with Gasteiger partial charge in [0.1, 0.15) is 6.04 Å². The minimum atomic E-state index is -0.964. The standard InChI is InChI=1S/C14H19N3O4S/c1-8(2)12(19)16-14-15-9(7-22-14)6-11(18)17-5-3-4-10(17)13(20)21/h7-8,10H,3-6H2,1-2H3,(H,20,21)(H,15,16,19). The van der Waals surface area contributed by atoms with Crippen LogP contribution in [0.15, 0.2) is 5.38 Å². The maximum atomic E-state index is 12.2. The van der Waals surface area contributed by atoms with E-state index in [0.29, 0.717) is 30.2 Å². The van der Waals surface area contributed by atoms with E-state index in [1.54, 1.807) is 19.2 Å². The van der Waals surface area contributed by atoms with Gasteiger partial charge in [0, 0.05) is 17.8 Å². The lowest BCUT2D eigenvalue weighted by atomic mass is 10.2. The number of carbonyl (C=O) groups is 3. The molecule has 7 nitrogen and oxygen atoms in total. The first kappa shape index (κ1) is 16.4. The highest BCUT2D eigenvalue weighted by Gasteiger charge is 2.33. The number of aliphatic carboxylic acids is 1. The molecule has 0 spiro atoms. The van der Waals surface area contributed by atoms with E-state index in [1.807, 2.05) is 0 Å². The number of hydrogen-bond acceptors (Lipinski definition) is 5. The number of nitrogens with one attached hydrogen (secondary N) is 1. The summed E-state index contributed by atoms with van der Waals surface area (Å²) in [5.41, 5.74) is 0.546. The van der Waals surface area contributed by atoms with Crippen molar-refractivity contribution in [3.63, 3.8) is 0 Å². The summed E-state index contributed by atoms with van der Waals surface area (Å²) in [6, 6.07) is -0.730. The van der Waals surface area contributed by atoms with Crippen molar-refractivity contribution >= 4 is 34.3 Å². The molecule has 0 bridgehead atoms. The number of amides is 2. The molecule has 1 unspecified atom stereocenters. The lowest BCUT2D eigenvalue weighted by molar-refractivity contribution is -0.148. The summed E-state index contributed by atoms with van der Waals surface area (Å²) in [6.07, 6.45) is 1.25. The van der Waals surface area contributed by atoms with Crippen molar-refractivity contribution in [3.8, 4) is 0 Å². The molecule has 120 valence electrons. The Balaban J connectivity index is 1.96. The van der Waals surface area contributed by atoms with Crippen LogP contribution in [0.2, 0.25) is 0 Å². The van der Waals surface area contributed by atoms with Crippen LogP contribution in [0.25, 0.3) is 0 Å². The van der Waals surface area contributed by atoms with E-state index < -0.39 is 12.0 Å². The van der Waals surface area contributed by atoms with Gasteiger partial charge in [-0.25, -0.2) is 9.78 Å². The summed E-state index contributed by atoms with van der Waals surface area (Å²) in [5, 5.41) is 13.9. The van der Waals surface area contributed by atoms with E-state index in [2.05, 4.69) is 10.3 Å². The second-order valence-corrected chi connectivity index (χ2v) is 6.41. The normalized spacial score (nSPS) is 17.8. The van der Waals surface area contributed by atoms with E-state index in [0.717, 1.165) is 0 Å². The predicted molar refractivity (Wildman–Crippen MR) is 81.7 cm³/mol. The van der Waals surface area contributed by atoms with Crippen LogP contribution in [0.1, 0.15) is 32.4 Å². The molecule has 2 N–H and O–H groups in total. The van der Waals surface area contributed by atoms with Crippen LogP contribution in [0.5, 0.6) is 0 Å². The minimum absolute atomic E-state index is 0.0534. The number of hydrogen-bond donors (Lipinski definition) is 2. The molecule has 22 heavy (non-hydrogen) atoms. The predicted octanol–water partition coefficient (Wildman–Crippen LogP) is 1.36. The Bertz CT molecular complexity index is 584. The van der Waals surface area contributed by atoms with Crippen LogP contribution in [-0.4, -0.2) is 45.4 Å². The largest absolute Gasteiger partial charge is 0.480 e. The molecular formula is C14H19N3O4S. The Labute approximate surface area is 132 Å². The van der Waals surface area contributed by atoms with E-state index >= 15 is 0 Å². The maximum absolute atomic E-state index is 12.2. The van der Waals surface area contributed by atoms with Gasteiger partial charge in [-0.05, 0) is 12.8 Å². The fraction of sp³-hybridized carbons (Fsp3) is 0.571. The molecule has 2 rings (SSSR count). The van der Waals surface area contributed by atoms with Crippen molar-refractivity contribution in [2.24, 2.45) is 5.92 Å². The first-order valence-corrected chi connectivity index (χ1v) is 8.04. The molecular weight excluding hydrogens is 306 g/mol. The number of carboxylic acids is 1. The lowest BCUT2D eigenvalue weighted by Crippen LogP contribution is -2.41. The van der Waals surface area contributed by atoms with Crippen molar-refractivity contribution < 1.29 is 19.5 Å². The van der Waals surface area contributed by atoms with Crippen LogP contribution < -0.4 is 5.32 Å². The number of nitrogens with zero attached hydrogens (tertiary/aromatic N) is 2. The number of carboxylic acid groups (broad SMARTS) is 1. The Morgan fingerprint density at radius 1 is 1.50 bits per heavy atom. The molecule has 0 aromatic carbocycles. The molecule has 1 atom stereocenters. The Kier molecular flexibility index (Phi) is 5.12. The van der Waals surface area contributed by atoms with Crippen molar-refractivity contribution in [1.82, 2.24) is 9.88 Å². The summed E-state index contributed by atoms with van der Waals surface area (Å²) in [4.78, 5) is 40.5. The molecule has 1 aromatic rings. The quantitative estimate of drug-likeness (QED) is 0.851. The molecule has 0 saturated carbocycles. The monoisotopic (exact) mass is 325 g/mol. The minimum Gasteiger partial charge on any atom is -0.480 e. The van der Waals surface area contributed by atoms with E-state index in [4.69, 9.17) is 5.11 Å². The molecule has 1 aromatic heterocycles. The van der Waals surface area contributed by atoms with Gasteiger partial charge >= 0.3 is 5.97 Å². The highest BCUT2D eigenvalue weighted by molar-refractivity contribution is 7.13. The summed E-state index contributed by atoms with van der Waals surface area (Å²) in [5.74, 6) is -1.47. The first-order chi connectivity index (χ1) is 10.4. The van der Waals surface area contributed by atoms with Crippen molar-refractivity contribution in [2.45, 2.75) is 39.2 Å². The van der Waals surface area contributed by atoms with E-state index in [-0.39, 0.29) is 24.2 Å². The van der Waals surface area contributed by atoms with Gasteiger partial charge in [0.2, 0.25) is 11.8 Å². The van der Waals surface area contributed by atoms with Crippen LogP contribution >= 0.6 is 11.3 Å². The lowest BCUT2D eigenvalue weighted by Gasteiger charge is -2.20. The molecule has 1 saturated heterocycles. The number of anilines is 1. The van der Waals surface area contributed by atoms with Gasteiger partial charge in [0.05, 0.1) is 12.1 Å². The second-order valence-electron chi connectivity index (χ2n) is 5.55. The zero-order valence-electron chi connectivity index (χ0n) is 12.5. The summed E-state index contributed by atoms with van der Waals surface area (Å²) >= 11 is 1.26. The van der Waals surface area contributed by atoms with Gasteiger partial charge in [0.25, 0.3) is 0 Å². The van der Waals surface area contributed by atoms with Crippen LogP contribution in [0, 0.1) is 5.92 Å². The SMILES string of the molecule is CC(C)C(=O)Nc1nc(CC(=O)N2CCCC2C(=O)O)cs1. The third-order valence-electron chi connectivity index (χ3n) is 3.50. The topological polar surface area (TPSA) is 99.6 Å². The van der Waals surface area contributed by atoms with E-state index in [1.165, 1.54) is 16.2 Å². The Morgan fingerprint density at radius 3 is 2.86 bits per heavy atom. The zero-order valence-corrected chi connectivity index (χ0v) is 13.4. The first-order valence-electron chi connectivity index (χ1n) is 7.16. The Morgan fingerprint density at radius 2 is 2.23 bits per heavy atom. The van der Waals surface area contributed by atoms with Gasteiger partial charge in [-0.3, -0.25) is 9.59 Å². The highest BCUT2D eigenvalue weighted by atomic mass is 32.1. The molecule has 2 heterocycles. The van der Waals surface area contributed by atoms with Crippen molar-refractivity contribution in [1.29, 1.82) is 0 Å². The zero-order chi connectivity index (χ0) is 16.3. The number of likely N-dealkylation sites (tertiary alicyclic amines) is 1. The number of carbonyl (C=O) groups excluding carboxylic acids is 2. The third-order valence-corrected chi connectivity index (χ3v) is 4.30. The second kappa shape index (κ2) is 6.87. The molecule has 1 fully saturated rings. The Hall–Kier alpha value is -1.96. The van der Waals surface area contributed by atoms with E-state index in [9.17, 15) is 14.4 Å². The number of rotatable bonds is 5. The average Bonchev–Trinajstić information content (AvgIpc) is 3.07. The van der Waals surface area contributed by atoms with Gasteiger partial charge in [-0.2, -0.15) is 0 Å². The van der Waals surface area contributed by atoms with Gasteiger partial charge in [0.15, 0.2) is 5.13 Å². The summed E-state index contributed by atoms with van der Waals surface area (Å²) in [6.45, 7) is 4.04. The molecule has 0 radical (unpaired) electrons. The highest BCUT2D eigenvalue weighted by Crippen LogP contribution is 2.21. The molecule has 1 aliphatic rings. The van der Waals surface area contributed by atoms with Crippen LogP contribution in [0.3, 0.4) is 0 Å². The summed E-state index contributed by atoms with van der Waals surface area (Å²) < 4.78 is 0. The molecule has 1 aliphatic heterocycles. The molecule has 2 amide bonds. The van der Waals surface area contributed by atoms with Crippen molar-refractivity contribution in [3.05, 3.63) is 11.1 Å². The third kappa shape index (κ3) is 3.82. The van der Waals surface area contributed by atoms with Crippen molar-refractivity contribution in [2.75, 3.05) is 11.9 Å². The molecule has 0 aliphatic carbocycles. The van der Waals surface area contributed by atoms with Gasteiger partial charge < -0.3 is 15.3 Å². The molecule has 8 heteroatoms. The van der Waals surface area contributed by atoms with Crippen LogP contribution in [0.4, 0.5) is 5.13 Å². The van der Waals surface area contributed by atoms with Gasteiger partial charge in [-0.15, -0.1) is 11.3 Å². The summed E-state index contributed by atoms with van der Waals surface area (Å²) in [7, 11) is 0. The smallest absolute Gasteiger partial charge is 0.326 e. The number of thiazole rings is 1.